The number of benzene rings is 1. The van der Waals surface area contributed by atoms with E-state index >= 15 is 0 Å². The van der Waals surface area contributed by atoms with Crippen LogP contribution < -0.4 is 15.8 Å². The molecule has 0 spiro atoms. The lowest BCUT2D eigenvalue weighted by Gasteiger charge is -2.09. The van der Waals surface area contributed by atoms with Crippen molar-refractivity contribution in [3.63, 3.8) is 0 Å². The van der Waals surface area contributed by atoms with Gasteiger partial charge in [0.25, 0.3) is 15.9 Å². The number of aromatic nitrogens is 3. The second kappa shape index (κ2) is 9.47. The Morgan fingerprint density at radius 3 is 2.39 bits per heavy atom. The number of fused-ring (bicyclic) bond motifs is 2. The number of thiophene rings is 1. The Hall–Kier alpha value is -3.57. The van der Waals surface area contributed by atoms with Crippen LogP contribution in [-0.4, -0.2) is 29.3 Å². The monoisotopic (exact) mass is 522 g/mol. The number of hydrogen-bond acceptors (Lipinski definition) is 8. The van der Waals surface area contributed by atoms with E-state index in [1.807, 2.05) is 0 Å². The molecule has 3 heterocycles. The molecule has 0 unspecified atom stereocenters. The average molecular weight is 523 g/mol. The molecule has 0 atom stereocenters. The summed E-state index contributed by atoms with van der Waals surface area (Å²) in [5, 5.41) is 3.62. The Bertz CT molecular complexity index is 1560. The number of nitrogens with zero attached hydrogens (tertiary/aromatic N) is 3. The number of carbonyl (C=O) groups excluding carboxylic acids is 1. The van der Waals surface area contributed by atoms with Gasteiger partial charge in [-0.15, -0.1) is 11.3 Å². The fraction of sp³-hybridized carbons (Fsp3) is 0.280. The first-order chi connectivity index (χ1) is 17.2. The maximum atomic E-state index is 13.0. The van der Waals surface area contributed by atoms with Crippen LogP contribution in [0, 0.1) is 13.8 Å². The number of nitrogens with two attached hydrogens (primary N) is 1. The number of amides is 1. The molecule has 3 aromatic heterocycles. The van der Waals surface area contributed by atoms with Gasteiger partial charge in [-0.1, -0.05) is 6.42 Å². The molecule has 0 saturated carbocycles. The predicted molar refractivity (Wildman–Crippen MR) is 142 cm³/mol. The zero-order valence-electron chi connectivity index (χ0n) is 20.0. The fourth-order valence-corrected chi connectivity index (χ4v) is 6.30. The van der Waals surface area contributed by atoms with Gasteiger partial charge in [0, 0.05) is 28.2 Å². The maximum absolute atomic E-state index is 13.0. The van der Waals surface area contributed by atoms with Gasteiger partial charge in [-0.3, -0.25) is 4.79 Å². The third-order valence-electron chi connectivity index (χ3n) is 6.09. The van der Waals surface area contributed by atoms with Crippen molar-refractivity contribution in [1.29, 1.82) is 0 Å². The lowest BCUT2D eigenvalue weighted by molar-refractivity contribution is 0.103. The van der Waals surface area contributed by atoms with Crippen LogP contribution in [0.3, 0.4) is 0 Å². The van der Waals surface area contributed by atoms with E-state index in [0.717, 1.165) is 41.6 Å². The van der Waals surface area contributed by atoms with Crippen molar-refractivity contribution in [2.24, 2.45) is 0 Å². The smallest absolute Gasteiger partial charge is 0.267 e. The van der Waals surface area contributed by atoms with E-state index in [0.29, 0.717) is 27.6 Å². The summed E-state index contributed by atoms with van der Waals surface area (Å²) in [6, 6.07) is 9.71. The summed E-state index contributed by atoms with van der Waals surface area (Å²) in [5.74, 6) is -0.348. The summed E-state index contributed by atoms with van der Waals surface area (Å²) in [5.41, 5.74) is 10.9. The minimum absolute atomic E-state index is 0.0102. The van der Waals surface area contributed by atoms with Gasteiger partial charge in [0.1, 0.15) is 9.71 Å². The molecular formula is C25H26N6O3S2. The molecule has 4 N–H and O–H groups in total. The summed E-state index contributed by atoms with van der Waals surface area (Å²) >= 11 is 1.27. The van der Waals surface area contributed by atoms with Crippen LogP contribution in [-0.2, 0) is 22.9 Å². The number of anilines is 3. The molecule has 0 fully saturated rings. The zero-order valence-corrected chi connectivity index (χ0v) is 21.6. The van der Waals surface area contributed by atoms with Crippen molar-refractivity contribution < 1.29 is 13.2 Å². The Morgan fingerprint density at radius 2 is 1.67 bits per heavy atom. The van der Waals surface area contributed by atoms with Gasteiger partial charge < -0.3 is 11.1 Å². The highest BCUT2D eigenvalue weighted by Crippen LogP contribution is 2.35. The standard InChI is InChI=1S/C25H26N6O3S2/c1-14-12-15(2)28-25(27-14)31-36(33,34)18-10-8-17(9-11-18)29-23(32)22-21(26)19-13-16-6-4-3-5-7-20(16)30-24(19)35-22/h8-13H,3-7,26H2,1-2H3,(H,29,32)(H,27,28,31). The number of hydrogen-bond donors (Lipinski definition) is 3. The van der Waals surface area contributed by atoms with Crippen LogP contribution >= 0.6 is 11.3 Å². The number of nitrogen functional groups attached to an aromatic ring is 1. The molecule has 1 amide bonds. The Balaban J connectivity index is 1.34. The van der Waals surface area contributed by atoms with Crippen LogP contribution in [0.5, 0.6) is 0 Å². The van der Waals surface area contributed by atoms with Gasteiger partial charge in [-0.2, -0.15) is 0 Å². The molecule has 11 heteroatoms. The minimum Gasteiger partial charge on any atom is -0.397 e. The van der Waals surface area contributed by atoms with E-state index in [2.05, 4.69) is 26.1 Å². The van der Waals surface area contributed by atoms with E-state index in [1.165, 1.54) is 47.6 Å². The second-order valence-corrected chi connectivity index (χ2v) is 11.6. The summed E-state index contributed by atoms with van der Waals surface area (Å²) < 4.78 is 27.9. The summed E-state index contributed by atoms with van der Waals surface area (Å²) in [4.78, 5) is 27.2. The van der Waals surface area contributed by atoms with E-state index in [9.17, 15) is 13.2 Å². The number of nitrogens with one attached hydrogen (secondary N) is 2. The van der Waals surface area contributed by atoms with Crippen molar-refractivity contribution in [2.45, 2.75) is 50.8 Å². The lowest BCUT2D eigenvalue weighted by atomic mass is 10.1. The number of pyridine rings is 1. The van der Waals surface area contributed by atoms with E-state index in [1.54, 1.807) is 19.9 Å². The molecule has 0 radical (unpaired) electrons. The first-order valence-corrected chi connectivity index (χ1v) is 14.0. The molecule has 5 rings (SSSR count). The summed E-state index contributed by atoms with van der Waals surface area (Å²) in [6.45, 7) is 3.53. The van der Waals surface area contributed by atoms with Crippen molar-refractivity contribution >= 4 is 54.8 Å². The molecule has 1 aliphatic rings. The summed E-state index contributed by atoms with van der Waals surface area (Å²) in [6.07, 6.45) is 5.39. The van der Waals surface area contributed by atoms with E-state index < -0.39 is 10.0 Å². The summed E-state index contributed by atoms with van der Waals surface area (Å²) in [7, 11) is -3.89. The first kappa shape index (κ1) is 24.1. The Kier molecular flexibility index (Phi) is 6.35. The highest BCUT2D eigenvalue weighted by molar-refractivity contribution is 7.92. The topological polar surface area (TPSA) is 140 Å². The SMILES string of the molecule is Cc1cc(C)nc(NS(=O)(=O)c2ccc(NC(=O)c3sc4nc5c(cc4c3N)CCCCC5)cc2)n1. The molecule has 0 aliphatic heterocycles. The maximum Gasteiger partial charge on any atom is 0.267 e. The molecule has 9 nitrogen and oxygen atoms in total. The van der Waals surface area contributed by atoms with Crippen LogP contribution in [0.1, 0.15) is 51.6 Å². The lowest BCUT2D eigenvalue weighted by Crippen LogP contribution is -2.16. The van der Waals surface area contributed by atoms with Crippen molar-refractivity contribution in [3.05, 3.63) is 63.9 Å². The van der Waals surface area contributed by atoms with E-state index in [-0.39, 0.29) is 16.8 Å². The van der Waals surface area contributed by atoms with Gasteiger partial charge in [-0.05, 0) is 81.5 Å². The quantitative estimate of drug-likeness (QED) is 0.325. The van der Waals surface area contributed by atoms with Gasteiger partial charge in [0.05, 0.1) is 10.6 Å². The molecule has 0 bridgehead atoms. The Labute approximate surface area is 213 Å². The third kappa shape index (κ3) is 4.89. The second-order valence-electron chi connectivity index (χ2n) is 8.91. The largest absolute Gasteiger partial charge is 0.397 e. The zero-order chi connectivity index (χ0) is 25.4. The van der Waals surface area contributed by atoms with Crippen LogP contribution in [0.2, 0.25) is 0 Å². The number of aryl methyl sites for hydroxylation is 4. The molecule has 1 aliphatic carbocycles. The van der Waals surface area contributed by atoms with Crippen molar-refractivity contribution in [3.8, 4) is 0 Å². The highest BCUT2D eigenvalue weighted by Gasteiger charge is 2.21. The molecule has 186 valence electrons. The third-order valence-corrected chi connectivity index (χ3v) is 8.54. The van der Waals surface area contributed by atoms with E-state index in [4.69, 9.17) is 10.7 Å². The van der Waals surface area contributed by atoms with Crippen molar-refractivity contribution in [1.82, 2.24) is 15.0 Å². The molecule has 36 heavy (non-hydrogen) atoms. The van der Waals surface area contributed by atoms with Crippen molar-refractivity contribution in [2.75, 3.05) is 15.8 Å². The first-order valence-electron chi connectivity index (χ1n) is 11.7. The minimum atomic E-state index is -3.89. The molecular weight excluding hydrogens is 496 g/mol. The van der Waals surface area contributed by atoms with Gasteiger partial charge in [-0.25, -0.2) is 28.1 Å². The van der Waals surface area contributed by atoms with Gasteiger partial charge in [0.2, 0.25) is 5.95 Å². The number of carbonyl (C=O) groups is 1. The molecule has 4 aromatic rings. The molecule has 1 aromatic carbocycles. The number of rotatable bonds is 5. The van der Waals surface area contributed by atoms with Crippen LogP contribution in [0.25, 0.3) is 10.2 Å². The van der Waals surface area contributed by atoms with Crippen LogP contribution in [0.4, 0.5) is 17.3 Å². The average Bonchev–Trinajstić information content (AvgIpc) is 2.98. The predicted octanol–water partition coefficient (Wildman–Crippen LogP) is 4.61. The normalized spacial score (nSPS) is 13.7. The van der Waals surface area contributed by atoms with Crippen LogP contribution in [0.15, 0.2) is 41.3 Å². The Morgan fingerprint density at radius 1 is 0.972 bits per heavy atom. The van der Waals surface area contributed by atoms with Gasteiger partial charge >= 0.3 is 0 Å². The highest BCUT2D eigenvalue weighted by atomic mass is 32.2. The fourth-order valence-electron chi connectivity index (χ4n) is 4.36. The number of sulfonamides is 1. The van der Waals surface area contributed by atoms with Gasteiger partial charge in [0.15, 0.2) is 0 Å². The molecule has 0 saturated heterocycles.